The predicted octanol–water partition coefficient (Wildman–Crippen LogP) is 3.09. The van der Waals surface area contributed by atoms with E-state index in [1.165, 1.54) is 0 Å². The highest BCUT2D eigenvalue weighted by Gasteiger charge is 2.24. The fourth-order valence-corrected chi connectivity index (χ4v) is 2.65. The van der Waals surface area contributed by atoms with Gasteiger partial charge in [-0.2, -0.15) is 0 Å². The number of aliphatic hydroxyl groups is 1. The van der Waals surface area contributed by atoms with Crippen LogP contribution in [-0.2, 0) is 0 Å². The lowest BCUT2D eigenvalue weighted by atomic mass is 9.87. The van der Waals surface area contributed by atoms with Crippen LogP contribution in [0, 0.1) is 13.8 Å². The number of aliphatic hydroxyl groups excluding tert-OH is 1. The van der Waals surface area contributed by atoms with E-state index in [0.717, 1.165) is 22.3 Å². The maximum absolute atomic E-state index is 10.8. The van der Waals surface area contributed by atoms with Crippen molar-refractivity contribution in [2.24, 2.45) is 5.73 Å². The summed E-state index contributed by atoms with van der Waals surface area (Å²) < 4.78 is 5.37. The summed E-state index contributed by atoms with van der Waals surface area (Å²) in [5, 5.41) is 10.8. The Kier molecular flexibility index (Phi) is 4.99. The number of benzene rings is 2. The Morgan fingerprint density at radius 1 is 1.10 bits per heavy atom. The van der Waals surface area contributed by atoms with Crippen molar-refractivity contribution in [1.29, 1.82) is 0 Å². The molecule has 112 valence electrons. The summed E-state index contributed by atoms with van der Waals surface area (Å²) in [6, 6.07) is 13.9. The molecule has 2 rings (SSSR count). The highest BCUT2D eigenvalue weighted by Crippen LogP contribution is 2.35. The highest BCUT2D eigenvalue weighted by atomic mass is 16.5. The molecule has 0 saturated carbocycles. The van der Waals surface area contributed by atoms with Crippen LogP contribution in [0.2, 0.25) is 0 Å². The maximum Gasteiger partial charge on any atom is 0.124 e. The van der Waals surface area contributed by atoms with Crippen molar-refractivity contribution in [3.63, 3.8) is 0 Å². The molecule has 0 heterocycles. The average Bonchev–Trinajstić information content (AvgIpc) is 2.48. The lowest BCUT2D eigenvalue weighted by molar-refractivity contribution is 0.143. The molecule has 0 aliphatic rings. The second kappa shape index (κ2) is 6.74. The molecule has 0 aliphatic carbocycles. The molecule has 21 heavy (non-hydrogen) atoms. The largest absolute Gasteiger partial charge is 0.496 e. The molecule has 2 aromatic carbocycles. The van der Waals surface area contributed by atoms with Crippen LogP contribution in [0.25, 0.3) is 0 Å². The first-order valence-electron chi connectivity index (χ1n) is 7.16. The van der Waals surface area contributed by atoms with Gasteiger partial charge in [-0.05, 0) is 31.5 Å². The highest BCUT2D eigenvalue weighted by molar-refractivity contribution is 5.41. The van der Waals surface area contributed by atoms with Gasteiger partial charge in [-0.1, -0.05) is 41.5 Å². The van der Waals surface area contributed by atoms with Crippen molar-refractivity contribution < 1.29 is 9.84 Å². The summed E-state index contributed by atoms with van der Waals surface area (Å²) in [5.74, 6) is 0.541. The molecule has 0 aliphatic heterocycles. The first-order chi connectivity index (χ1) is 10.1. The van der Waals surface area contributed by atoms with E-state index in [9.17, 15) is 5.11 Å². The van der Waals surface area contributed by atoms with Crippen LogP contribution < -0.4 is 10.5 Å². The first kappa shape index (κ1) is 15.5. The molecule has 0 saturated heterocycles. The first-order valence-corrected chi connectivity index (χ1v) is 7.16. The van der Waals surface area contributed by atoms with Gasteiger partial charge in [0.15, 0.2) is 0 Å². The molecule has 3 heteroatoms. The minimum absolute atomic E-state index is 0.152. The summed E-state index contributed by atoms with van der Waals surface area (Å²) >= 11 is 0. The van der Waals surface area contributed by atoms with Gasteiger partial charge in [-0.25, -0.2) is 0 Å². The monoisotopic (exact) mass is 285 g/mol. The van der Waals surface area contributed by atoms with Crippen molar-refractivity contribution >= 4 is 0 Å². The summed E-state index contributed by atoms with van der Waals surface area (Å²) in [4.78, 5) is 0. The SMILES string of the molecule is COc1ccc(C)cc1C(O)C(CN)c1cccc(C)c1. The minimum Gasteiger partial charge on any atom is -0.496 e. The normalized spacial score (nSPS) is 13.8. The zero-order valence-electron chi connectivity index (χ0n) is 12.8. The number of nitrogens with two attached hydrogens (primary N) is 1. The predicted molar refractivity (Wildman–Crippen MR) is 85.7 cm³/mol. The van der Waals surface area contributed by atoms with Crippen LogP contribution in [0.4, 0.5) is 0 Å². The lowest BCUT2D eigenvalue weighted by Gasteiger charge is -2.24. The zero-order chi connectivity index (χ0) is 15.4. The van der Waals surface area contributed by atoms with E-state index in [4.69, 9.17) is 10.5 Å². The molecule has 2 atom stereocenters. The van der Waals surface area contributed by atoms with Gasteiger partial charge in [0, 0.05) is 18.0 Å². The number of rotatable bonds is 5. The van der Waals surface area contributed by atoms with E-state index in [-0.39, 0.29) is 5.92 Å². The molecule has 0 aromatic heterocycles. The molecule has 0 fully saturated rings. The minimum atomic E-state index is -0.688. The number of ether oxygens (including phenoxy) is 1. The Balaban J connectivity index is 2.41. The van der Waals surface area contributed by atoms with E-state index in [1.54, 1.807) is 7.11 Å². The van der Waals surface area contributed by atoms with E-state index >= 15 is 0 Å². The van der Waals surface area contributed by atoms with Crippen LogP contribution in [0.3, 0.4) is 0 Å². The van der Waals surface area contributed by atoms with E-state index in [2.05, 4.69) is 6.07 Å². The Morgan fingerprint density at radius 2 is 1.81 bits per heavy atom. The van der Waals surface area contributed by atoms with E-state index < -0.39 is 6.10 Å². The molecular weight excluding hydrogens is 262 g/mol. The Hall–Kier alpha value is -1.84. The molecule has 2 unspecified atom stereocenters. The number of aryl methyl sites for hydroxylation is 2. The van der Waals surface area contributed by atoms with Crippen molar-refractivity contribution in [2.75, 3.05) is 13.7 Å². The van der Waals surface area contributed by atoms with Crippen LogP contribution in [0.15, 0.2) is 42.5 Å². The molecular formula is C18H23NO2. The number of hydrogen-bond acceptors (Lipinski definition) is 3. The van der Waals surface area contributed by atoms with Crippen LogP contribution in [-0.4, -0.2) is 18.8 Å². The van der Waals surface area contributed by atoms with Crippen LogP contribution in [0.5, 0.6) is 5.75 Å². The van der Waals surface area contributed by atoms with Gasteiger partial charge in [0.25, 0.3) is 0 Å². The van der Waals surface area contributed by atoms with Gasteiger partial charge >= 0.3 is 0 Å². The van der Waals surface area contributed by atoms with Gasteiger partial charge in [-0.3, -0.25) is 0 Å². The topological polar surface area (TPSA) is 55.5 Å². The Bertz CT molecular complexity index is 610. The third-order valence-corrected chi connectivity index (χ3v) is 3.81. The fourth-order valence-electron chi connectivity index (χ4n) is 2.65. The Labute approximate surface area is 126 Å². The third-order valence-electron chi connectivity index (χ3n) is 3.81. The fraction of sp³-hybridized carbons (Fsp3) is 0.333. The average molecular weight is 285 g/mol. The van der Waals surface area contributed by atoms with Crippen LogP contribution in [0.1, 0.15) is 34.3 Å². The molecule has 0 spiro atoms. The van der Waals surface area contributed by atoms with Crippen LogP contribution >= 0.6 is 0 Å². The van der Waals surface area contributed by atoms with Crippen molar-refractivity contribution in [1.82, 2.24) is 0 Å². The summed E-state index contributed by atoms with van der Waals surface area (Å²) in [7, 11) is 1.62. The molecule has 0 radical (unpaired) electrons. The van der Waals surface area contributed by atoms with Crippen molar-refractivity contribution in [3.05, 3.63) is 64.7 Å². The zero-order valence-corrected chi connectivity index (χ0v) is 12.8. The molecule has 0 amide bonds. The van der Waals surface area contributed by atoms with E-state index in [1.807, 2.05) is 50.2 Å². The third kappa shape index (κ3) is 3.43. The Morgan fingerprint density at radius 3 is 2.43 bits per heavy atom. The second-order valence-corrected chi connectivity index (χ2v) is 5.45. The van der Waals surface area contributed by atoms with Gasteiger partial charge in [0.05, 0.1) is 13.2 Å². The van der Waals surface area contributed by atoms with Gasteiger partial charge in [-0.15, -0.1) is 0 Å². The van der Waals surface area contributed by atoms with Gasteiger partial charge in [0.1, 0.15) is 5.75 Å². The van der Waals surface area contributed by atoms with Crippen molar-refractivity contribution in [3.8, 4) is 5.75 Å². The van der Waals surface area contributed by atoms with E-state index in [0.29, 0.717) is 12.3 Å². The van der Waals surface area contributed by atoms with Crippen molar-refractivity contribution in [2.45, 2.75) is 25.9 Å². The number of methoxy groups -OCH3 is 1. The quantitative estimate of drug-likeness (QED) is 0.887. The second-order valence-electron chi connectivity index (χ2n) is 5.45. The molecule has 2 aromatic rings. The molecule has 3 N–H and O–H groups in total. The number of hydrogen-bond donors (Lipinski definition) is 2. The smallest absolute Gasteiger partial charge is 0.124 e. The van der Waals surface area contributed by atoms with Gasteiger partial charge in [0.2, 0.25) is 0 Å². The lowest BCUT2D eigenvalue weighted by Crippen LogP contribution is -2.20. The maximum atomic E-state index is 10.8. The van der Waals surface area contributed by atoms with Gasteiger partial charge < -0.3 is 15.6 Å². The summed E-state index contributed by atoms with van der Waals surface area (Å²) in [6.07, 6.45) is -0.688. The summed E-state index contributed by atoms with van der Waals surface area (Å²) in [6.45, 7) is 4.41. The molecule has 0 bridgehead atoms. The standard InChI is InChI=1S/C18H23NO2/c1-12-5-4-6-14(9-12)16(11-19)18(20)15-10-13(2)7-8-17(15)21-3/h4-10,16,18,20H,11,19H2,1-3H3. The summed E-state index contributed by atoms with van der Waals surface area (Å²) in [5.41, 5.74) is 10.0. The molecule has 3 nitrogen and oxygen atoms in total.